The minimum Gasteiger partial charge on any atom is -0.348 e. The van der Waals surface area contributed by atoms with E-state index in [0.29, 0.717) is 12.1 Å². The number of carbonyl (C=O) groups excluding carboxylic acids is 1. The standard InChI is InChI=1S/C28H24ClNO/c1-21-12-14-22(15-13-21)20-30-27(31)23-16-18-26(19-17-23)28(29,24-8-4-2-5-9-24)25-10-6-3-7-11-25/h2-19H,20H2,1H3,(H,30,31). The molecule has 1 N–H and O–H groups in total. The molecule has 0 unspecified atom stereocenters. The first-order valence-electron chi connectivity index (χ1n) is 10.3. The van der Waals surface area contributed by atoms with Gasteiger partial charge < -0.3 is 5.32 Å². The first-order valence-corrected chi connectivity index (χ1v) is 10.7. The molecule has 31 heavy (non-hydrogen) atoms. The van der Waals surface area contributed by atoms with Crippen molar-refractivity contribution in [1.29, 1.82) is 0 Å². The lowest BCUT2D eigenvalue weighted by Crippen LogP contribution is -2.24. The molecule has 3 heteroatoms. The zero-order valence-electron chi connectivity index (χ0n) is 17.4. The van der Waals surface area contributed by atoms with E-state index in [1.54, 1.807) is 0 Å². The quantitative estimate of drug-likeness (QED) is 0.279. The van der Waals surface area contributed by atoms with Crippen molar-refractivity contribution >= 4 is 17.5 Å². The van der Waals surface area contributed by atoms with Crippen LogP contribution in [0.1, 0.15) is 38.2 Å². The van der Waals surface area contributed by atoms with E-state index in [9.17, 15) is 4.79 Å². The zero-order valence-corrected chi connectivity index (χ0v) is 18.1. The first-order chi connectivity index (χ1) is 15.1. The topological polar surface area (TPSA) is 29.1 Å². The Labute approximate surface area is 188 Å². The van der Waals surface area contributed by atoms with Gasteiger partial charge in [-0.2, -0.15) is 0 Å². The van der Waals surface area contributed by atoms with Crippen molar-refractivity contribution in [3.63, 3.8) is 0 Å². The average Bonchev–Trinajstić information content (AvgIpc) is 2.84. The van der Waals surface area contributed by atoms with Crippen molar-refractivity contribution in [2.75, 3.05) is 0 Å². The molecule has 2 nitrogen and oxygen atoms in total. The zero-order chi connectivity index (χ0) is 21.7. The van der Waals surface area contributed by atoms with Gasteiger partial charge >= 0.3 is 0 Å². The van der Waals surface area contributed by atoms with E-state index in [1.807, 2.05) is 116 Å². The SMILES string of the molecule is Cc1ccc(CNC(=O)c2ccc(C(Cl)(c3ccccc3)c3ccccc3)cc2)cc1. The highest BCUT2D eigenvalue weighted by Gasteiger charge is 2.33. The van der Waals surface area contributed by atoms with Crippen LogP contribution in [-0.2, 0) is 11.4 Å². The van der Waals surface area contributed by atoms with Crippen molar-refractivity contribution in [3.8, 4) is 0 Å². The molecule has 0 fully saturated rings. The smallest absolute Gasteiger partial charge is 0.251 e. The number of rotatable bonds is 6. The number of alkyl halides is 1. The minimum atomic E-state index is -0.834. The maximum Gasteiger partial charge on any atom is 0.251 e. The normalized spacial score (nSPS) is 11.2. The second-order valence-electron chi connectivity index (χ2n) is 7.64. The van der Waals surface area contributed by atoms with E-state index in [1.165, 1.54) is 5.56 Å². The Morgan fingerprint density at radius 1 is 0.710 bits per heavy atom. The van der Waals surface area contributed by atoms with Gasteiger partial charge in [0.05, 0.1) is 0 Å². The Hall–Kier alpha value is -3.36. The lowest BCUT2D eigenvalue weighted by molar-refractivity contribution is 0.0951. The lowest BCUT2D eigenvalue weighted by Gasteiger charge is -2.29. The van der Waals surface area contributed by atoms with Gasteiger partial charge in [0.1, 0.15) is 4.87 Å². The summed E-state index contributed by atoms with van der Waals surface area (Å²) in [5.41, 5.74) is 5.77. The average molecular weight is 426 g/mol. The molecule has 0 saturated carbocycles. The number of benzene rings is 4. The summed E-state index contributed by atoms with van der Waals surface area (Å²) in [7, 11) is 0. The number of halogens is 1. The van der Waals surface area contributed by atoms with Crippen molar-refractivity contribution in [1.82, 2.24) is 5.32 Å². The van der Waals surface area contributed by atoms with E-state index in [4.69, 9.17) is 11.6 Å². The largest absolute Gasteiger partial charge is 0.348 e. The molecule has 0 heterocycles. The number of nitrogens with one attached hydrogen (secondary N) is 1. The molecule has 0 aliphatic carbocycles. The molecule has 0 bridgehead atoms. The number of hydrogen-bond acceptors (Lipinski definition) is 1. The highest BCUT2D eigenvalue weighted by molar-refractivity contribution is 6.28. The van der Waals surface area contributed by atoms with Crippen LogP contribution in [0, 0.1) is 6.92 Å². The number of aryl methyl sites for hydroxylation is 1. The number of amides is 1. The summed E-state index contributed by atoms with van der Waals surface area (Å²) < 4.78 is 0. The Morgan fingerprint density at radius 2 is 1.19 bits per heavy atom. The maximum absolute atomic E-state index is 12.6. The van der Waals surface area contributed by atoms with Gasteiger partial charge in [0.15, 0.2) is 0 Å². The highest BCUT2D eigenvalue weighted by Crippen LogP contribution is 2.42. The molecule has 4 rings (SSSR count). The van der Waals surface area contributed by atoms with Gasteiger partial charge in [-0.05, 0) is 41.3 Å². The van der Waals surface area contributed by atoms with Crippen LogP contribution >= 0.6 is 11.6 Å². The van der Waals surface area contributed by atoms with E-state index in [0.717, 1.165) is 22.3 Å². The molecule has 1 amide bonds. The van der Waals surface area contributed by atoms with Crippen LogP contribution in [0.5, 0.6) is 0 Å². The van der Waals surface area contributed by atoms with Crippen molar-refractivity contribution < 1.29 is 4.79 Å². The minimum absolute atomic E-state index is 0.105. The van der Waals surface area contributed by atoms with Crippen molar-refractivity contribution in [2.24, 2.45) is 0 Å². The van der Waals surface area contributed by atoms with Crippen molar-refractivity contribution in [3.05, 3.63) is 143 Å². The molecule has 0 saturated heterocycles. The molecule has 4 aromatic rings. The second-order valence-corrected chi connectivity index (χ2v) is 8.20. The molecule has 0 aliphatic heterocycles. The van der Waals surface area contributed by atoms with Gasteiger partial charge in [-0.3, -0.25) is 4.79 Å². The summed E-state index contributed by atoms with van der Waals surface area (Å²) in [5, 5.41) is 2.98. The van der Waals surface area contributed by atoms with E-state index < -0.39 is 4.87 Å². The van der Waals surface area contributed by atoms with Gasteiger partial charge in [-0.15, -0.1) is 11.6 Å². The maximum atomic E-state index is 12.6. The van der Waals surface area contributed by atoms with Crippen LogP contribution in [0.2, 0.25) is 0 Å². The van der Waals surface area contributed by atoms with E-state index in [-0.39, 0.29) is 5.91 Å². The Bertz CT molecular complexity index is 1100. The van der Waals surface area contributed by atoms with E-state index >= 15 is 0 Å². The molecule has 0 spiro atoms. The molecule has 4 aromatic carbocycles. The predicted molar refractivity (Wildman–Crippen MR) is 127 cm³/mol. The second kappa shape index (κ2) is 9.20. The van der Waals surface area contributed by atoms with Crippen LogP contribution in [0.25, 0.3) is 0 Å². The Balaban J connectivity index is 1.59. The molecule has 154 valence electrons. The third kappa shape index (κ3) is 4.55. The highest BCUT2D eigenvalue weighted by atomic mass is 35.5. The van der Waals surface area contributed by atoms with Crippen LogP contribution in [0.3, 0.4) is 0 Å². The Morgan fingerprint density at radius 3 is 1.71 bits per heavy atom. The van der Waals surface area contributed by atoms with Gasteiger partial charge in [0.25, 0.3) is 5.91 Å². The molecular formula is C28H24ClNO. The van der Waals surface area contributed by atoms with E-state index in [2.05, 4.69) is 5.32 Å². The predicted octanol–water partition coefficient (Wildman–Crippen LogP) is 6.46. The molecular weight excluding hydrogens is 402 g/mol. The monoisotopic (exact) mass is 425 g/mol. The molecule has 0 aliphatic rings. The third-order valence-electron chi connectivity index (χ3n) is 5.46. The van der Waals surface area contributed by atoms with Gasteiger partial charge in [0.2, 0.25) is 0 Å². The molecule has 0 atom stereocenters. The third-order valence-corrected chi connectivity index (χ3v) is 6.12. The lowest BCUT2D eigenvalue weighted by atomic mass is 9.84. The van der Waals surface area contributed by atoms with Gasteiger partial charge in [-0.1, -0.05) is 103 Å². The summed E-state index contributed by atoms with van der Waals surface area (Å²) >= 11 is 7.30. The van der Waals surface area contributed by atoms with Crippen LogP contribution < -0.4 is 5.32 Å². The summed E-state index contributed by atoms with van der Waals surface area (Å²) in [6, 6.07) is 35.7. The fraction of sp³-hybridized carbons (Fsp3) is 0.107. The molecule has 0 radical (unpaired) electrons. The number of carbonyl (C=O) groups is 1. The number of hydrogen-bond donors (Lipinski definition) is 1. The fourth-order valence-electron chi connectivity index (χ4n) is 3.68. The molecule has 0 aromatic heterocycles. The summed E-state index contributed by atoms with van der Waals surface area (Å²) in [5.74, 6) is -0.105. The summed E-state index contributed by atoms with van der Waals surface area (Å²) in [6.45, 7) is 2.54. The van der Waals surface area contributed by atoms with Gasteiger partial charge in [0, 0.05) is 12.1 Å². The van der Waals surface area contributed by atoms with Crippen molar-refractivity contribution in [2.45, 2.75) is 18.3 Å². The first kappa shape index (κ1) is 20.9. The summed E-state index contributed by atoms with van der Waals surface area (Å²) in [4.78, 5) is 11.8. The van der Waals surface area contributed by atoms with Crippen LogP contribution in [0.4, 0.5) is 0 Å². The van der Waals surface area contributed by atoms with Crippen LogP contribution in [-0.4, -0.2) is 5.91 Å². The van der Waals surface area contributed by atoms with Crippen LogP contribution in [0.15, 0.2) is 109 Å². The van der Waals surface area contributed by atoms with Gasteiger partial charge in [-0.25, -0.2) is 0 Å². The summed E-state index contributed by atoms with van der Waals surface area (Å²) in [6.07, 6.45) is 0. The Kier molecular flexibility index (Phi) is 6.20. The fourth-order valence-corrected chi connectivity index (χ4v) is 4.06.